The molecule has 4 heteroatoms. The lowest BCUT2D eigenvalue weighted by molar-refractivity contribution is -0.254. The molecule has 3 nitrogen and oxygen atoms in total. The summed E-state index contributed by atoms with van der Waals surface area (Å²) in [5.41, 5.74) is 2.65. The summed E-state index contributed by atoms with van der Waals surface area (Å²) in [4.78, 5) is 16.1. The van der Waals surface area contributed by atoms with E-state index in [1.54, 1.807) is 25.1 Å². The third kappa shape index (κ3) is 2.26. The number of benzene rings is 2. The van der Waals surface area contributed by atoms with Gasteiger partial charge in [0.05, 0.1) is 22.2 Å². The van der Waals surface area contributed by atoms with Gasteiger partial charge in [-0.3, -0.25) is 0 Å². The average molecular weight is 297 g/mol. The fourth-order valence-electron chi connectivity index (χ4n) is 2.49. The smallest absolute Gasteiger partial charge is 0.0902 e. The van der Waals surface area contributed by atoms with Crippen LogP contribution in [-0.4, -0.2) is 11.0 Å². The number of carbonyl (C=O) groups excluding carboxylic acids is 1. The Morgan fingerprint density at radius 2 is 1.81 bits per heavy atom. The number of hydrogen-bond donors (Lipinski definition) is 0. The Morgan fingerprint density at radius 3 is 2.48 bits per heavy atom. The molecule has 3 aromatic rings. The van der Waals surface area contributed by atoms with E-state index in [0.717, 1.165) is 5.56 Å². The number of carboxylic acids is 1. The van der Waals surface area contributed by atoms with Crippen molar-refractivity contribution in [1.82, 2.24) is 4.98 Å². The van der Waals surface area contributed by atoms with Crippen LogP contribution < -0.4 is 5.11 Å². The van der Waals surface area contributed by atoms with E-state index >= 15 is 0 Å². The van der Waals surface area contributed by atoms with Gasteiger partial charge in [0.2, 0.25) is 0 Å². The molecule has 0 amide bonds. The summed E-state index contributed by atoms with van der Waals surface area (Å²) in [6, 6.07) is 14.5. The van der Waals surface area contributed by atoms with E-state index in [4.69, 9.17) is 11.6 Å². The number of fused-ring (bicyclic) bond motifs is 1. The van der Waals surface area contributed by atoms with Crippen LogP contribution in [0.15, 0.2) is 48.5 Å². The Balaban J connectivity index is 2.45. The van der Waals surface area contributed by atoms with Crippen LogP contribution in [0.2, 0.25) is 5.02 Å². The third-order valence-corrected chi connectivity index (χ3v) is 3.77. The molecule has 0 spiro atoms. The molecule has 0 aliphatic rings. The van der Waals surface area contributed by atoms with Gasteiger partial charge in [0.25, 0.3) is 0 Å². The van der Waals surface area contributed by atoms with Crippen molar-refractivity contribution < 1.29 is 9.90 Å². The highest BCUT2D eigenvalue weighted by molar-refractivity contribution is 6.35. The Bertz CT molecular complexity index is 844. The van der Waals surface area contributed by atoms with Crippen LogP contribution in [0, 0.1) is 6.92 Å². The molecule has 0 bridgehead atoms. The van der Waals surface area contributed by atoms with Crippen LogP contribution in [-0.2, 0) is 0 Å². The van der Waals surface area contributed by atoms with E-state index in [1.807, 2.05) is 30.3 Å². The first kappa shape index (κ1) is 13.6. The summed E-state index contributed by atoms with van der Waals surface area (Å²) in [5, 5.41) is 12.5. The SMILES string of the molecule is Cc1c(-c2ccccc2)nc2c(Cl)cccc2c1C(=O)[O-]. The maximum absolute atomic E-state index is 11.5. The number of carboxylic acid groups (broad SMARTS) is 1. The van der Waals surface area contributed by atoms with Crippen molar-refractivity contribution in [3.63, 3.8) is 0 Å². The number of aromatic nitrogens is 1. The topological polar surface area (TPSA) is 53.0 Å². The van der Waals surface area contributed by atoms with Gasteiger partial charge in [0.1, 0.15) is 0 Å². The summed E-state index contributed by atoms with van der Waals surface area (Å²) < 4.78 is 0. The van der Waals surface area contributed by atoms with Crippen LogP contribution in [0.1, 0.15) is 15.9 Å². The molecule has 104 valence electrons. The van der Waals surface area contributed by atoms with Crippen molar-refractivity contribution in [2.45, 2.75) is 6.92 Å². The van der Waals surface area contributed by atoms with Gasteiger partial charge in [0, 0.05) is 16.5 Å². The van der Waals surface area contributed by atoms with Gasteiger partial charge < -0.3 is 9.90 Å². The molecule has 3 rings (SSSR count). The molecule has 0 saturated heterocycles. The Kier molecular flexibility index (Phi) is 3.35. The van der Waals surface area contributed by atoms with Crippen LogP contribution in [0.5, 0.6) is 0 Å². The summed E-state index contributed by atoms with van der Waals surface area (Å²) in [7, 11) is 0. The number of pyridine rings is 1. The normalized spacial score (nSPS) is 10.8. The molecular weight excluding hydrogens is 286 g/mol. The molecule has 0 fully saturated rings. The predicted octanol–water partition coefficient (Wildman–Crippen LogP) is 3.23. The van der Waals surface area contributed by atoms with E-state index in [-0.39, 0.29) is 5.56 Å². The molecule has 0 aliphatic carbocycles. The molecule has 1 aromatic heterocycles. The average Bonchev–Trinajstić information content (AvgIpc) is 2.47. The quantitative estimate of drug-likeness (QED) is 0.729. The summed E-state index contributed by atoms with van der Waals surface area (Å²) in [5.74, 6) is -1.22. The van der Waals surface area contributed by atoms with Crippen molar-refractivity contribution in [2.75, 3.05) is 0 Å². The van der Waals surface area contributed by atoms with Crippen LogP contribution >= 0.6 is 11.6 Å². The molecule has 0 unspecified atom stereocenters. The number of hydrogen-bond acceptors (Lipinski definition) is 3. The van der Waals surface area contributed by atoms with Gasteiger partial charge in [-0.25, -0.2) is 4.98 Å². The zero-order valence-electron chi connectivity index (χ0n) is 11.3. The predicted molar refractivity (Wildman–Crippen MR) is 81.3 cm³/mol. The first-order valence-corrected chi connectivity index (χ1v) is 6.83. The van der Waals surface area contributed by atoms with Crippen molar-refractivity contribution in [2.24, 2.45) is 0 Å². The lowest BCUT2D eigenvalue weighted by Crippen LogP contribution is -2.24. The number of carbonyl (C=O) groups is 1. The first-order chi connectivity index (χ1) is 10.1. The number of rotatable bonds is 2. The molecule has 0 radical (unpaired) electrons. The van der Waals surface area contributed by atoms with Gasteiger partial charge in [-0.1, -0.05) is 54.1 Å². The standard InChI is InChI=1S/C17H12ClNO2/c1-10-14(17(20)21)12-8-5-9-13(18)16(12)19-15(10)11-6-3-2-4-7-11/h2-9H,1H3,(H,20,21)/p-1. The Labute approximate surface area is 126 Å². The second-order valence-electron chi connectivity index (χ2n) is 4.75. The second-order valence-corrected chi connectivity index (χ2v) is 5.16. The fourth-order valence-corrected chi connectivity index (χ4v) is 2.70. The van der Waals surface area contributed by atoms with E-state index < -0.39 is 5.97 Å². The van der Waals surface area contributed by atoms with Crippen LogP contribution in [0.25, 0.3) is 22.2 Å². The Hall–Kier alpha value is -2.39. The highest BCUT2D eigenvalue weighted by atomic mass is 35.5. The van der Waals surface area contributed by atoms with Crippen molar-refractivity contribution in [3.05, 3.63) is 64.7 Å². The van der Waals surface area contributed by atoms with Crippen LogP contribution in [0.3, 0.4) is 0 Å². The van der Waals surface area contributed by atoms with Crippen molar-refractivity contribution in [1.29, 1.82) is 0 Å². The minimum Gasteiger partial charge on any atom is -0.545 e. The second kappa shape index (κ2) is 5.19. The van der Waals surface area contributed by atoms with Crippen molar-refractivity contribution >= 4 is 28.5 Å². The van der Waals surface area contributed by atoms with Gasteiger partial charge in [-0.15, -0.1) is 0 Å². The fraction of sp³-hybridized carbons (Fsp3) is 0.0588. The van der Waals surface area contributed by atoms with E-state index in [0.29, 0.717) is 27.2 Å². The molecule has 1 heterocycles. The monoisotopic (exact) mass is 296 g/mol. The van der Waals surface area contributed by atoms with Gasteiger partial charge >= 0.3 is 0 Å². The lowest BCUT2D eigenvalue weighted by atomic mass is 9.98. The molecule has 0 atom stereocenters. The molecular formula is C17H11ClNO2-. The largest absolute Gasteiger partial charge is 0.545 e. The van der Waals surface area contributed by atoms with E-state index in [2.05, 4.69) is 4.98 Å². The molecule has 21 heavy (non-hydrogen) atoms. The maximum atomic E-state index is 11.5. The first-order valence-electron chi connectivity index (χ1n) is 6.45. The third-order valence-electron chi connectivity index (χ3n) is 3.46. The Morgan fingerprint density at radius 1 is 1.10 bits per heavy atom. The minimum atomic E-state index is -1.22. The zero-order chi connectivity index (χ0) is 15.0. The van der Waals surface area contributed by atoms with Gasteiger partial charge in [-0.05, 0) is 18.6 Å². The molecule has 0 N–H and O–H groups in total. The molecule has 2 aromatic carbocycles. The number of halogens is 1. The highest BCUT2D eigenvalue weighted by Gasteiger charge is 2.15. The number of nitrogens with zero attached hydrogens (tertiary/aromatic N) is 1. The lowest BCUT2D eigenvalue weighted by Gasteiger charge is -2.15. The van der Waals surface area contributed by atoms with Gasteiger partial charge in [-0.2, -0.15) is 0 Å². The molecule has 0 aliphatic heterocycles. The van der Waals surface area contributed by atoms with E-state index in [1.165, 1.54) is 0 Å². The summed E-state index contributed by atoms with van der Waals surface area (Å²) in [6.07, 6.45) is 0. The van der Waals surface area contributed by atoms with Crippen LogP contribution in [0.4, 0.5) is 0 Å². The highest BCUT2D eigenvalue weighted by Crippen LogP contribution is 2.32. The molecule has 0 saturated carbocycles. The van der Waals surface area contributed by atoms with Gasteiger partial charge in [0.15, 0.2) is 0 Å². The van der Waals surface area contributed by atoms with E-state index in [9.17, 15) is 9.90 Å². The summed E-state index contributed by atoms with van der Waals surface area (Å²) >= 11 is 6.17. The summed E-state index contributed by atoms with van der Waals surface area (Å²) in [6.45, 7) is 1.74. The maximum Gasteiger partial charge on any atom is 0.0902 e. The number of aromatic carboxylic acids is 1. The van der Waals surface area contributed by atoms with Crippen molar-refractivity contribution in [3.8, 4) is 11.3 Å². The number of para-hydroxylation sites is 1. The zero-order valence-corrected chi connectivity index (χ0v) is 12.0. The minimum absolute atomic E-state index is 0.140.